The molecule has 2 aromatic heterocycles. The summed E-state index contributed by atoms with van der Waals surface area (Å²) in [4.78, 5) is 16.7. The molecule has 3 heterocycles. The molecule has 2 aromatic rings. The van der Waals surface area contributed by atoms with E-state index in [0.717, 1.165) is 5.56 Å². The first-order valence-electron chi connectivity index (χ1n) is 6.77. The van der Waals surface area contributed by atoms with Crippen molar-refractivity contribution in [3.8, 4) is 0 Å². The zero-order chi connectivity index (χ0) is 15.7. The van der Waals surface area contributed by atoms with Crippen LogP contribution in [0.3, 0.4) is 0 Å². The van der Waals surface area contributed by atoms with Crippen molar-refractivity contribution in [2.75, 3.05) is 18.0 Å². The van der Waals surface area contributed by atoms with E-state index >= 15 is 0 Å². The second-order valence-electron chi connectivity index (χ2n) is 5.15. The molecule has 1 saturated heterocycles. The fourth-order valence-electron chi connectivity index (χ4n) is 2.52. The Labute approximate surface area is 140 Å². The van der Waals surface area contributed by atoms with Gasteiger partial charge in [0.1, 0.15) is 18.1 Å². The molecule has 0 saturated carbocycles. The molecule has 0 N–H and O–H groups in total. The van der Waals surface area contributed by atoms with Crippen LogP contribution in [-0.2, 0) is 4.74 Å². The van der Waals surface area contributed by atoms with Gasteiger partial charge in [0, 0.05) is 19.2 Å². The van der Waals surface area contributed by atoms with Crippen molar-refractivity contribution in [2.24, 2.45) is 0 Å². The molecule has 0 bridgehead atoms. The van der Waals surface area contributed by atoms with Gasteiger partial charge in [-0.15, -0.1) is 0 Å². The second-order valence-corrected chi connectivity index (χ2v) is 6.79. The molecule has 1 aliphatic heterocycles. The lowest BCUT2D eigenvalue weighted by Crippen LogP contribution is -2.43. The van der Waals surface area contributed by atoms with E-state index < -0.39 is 4.92 Å². The van der Waals surface area contributed by atoms with Gasteiger partial charge in [0.15, 0.2) is 0 Å². The number of anilines is 1. The van der Waals surface area contributed by atoms with Crippen LogP contribution in [0.2, 0.25) is 0 Å². The normalized spacial score (nSPS) is 21.8. The van der Waals surface area contributed by atoms with Gasteiger partial charge in [-0.1, -0.05) is 0 Å². The van der Waals surface area contributed by atoms with Gasteiger partial charge in [-0.3, -0.25) is 10.1 Å². The zero-order valence-electron chi connectivity index (χ0n) is 11.8. The first-order chi connectivity index (χ1) is 10.5. The fourth-order valence-corrected chi connectivity index (χ4v) is 3.81. The molecule has 2 unspecified atom stereocenters. The van der Waals surface area contributed by atoms with E-state index in [1.807, 2.05) is 12.3 Å². The lowest BCUT2D eigenvalue weighted by atomic mass is 10.1. The summed E-state index contributed by atoms with van der Waals surface area (Å²) in [5.41, 5.74) is 1.13. The van der Waals surface area contributed by atoms with E-state index in [1.165, 1.54) is 12.3 Å². The lowest BCUT2D eigenvalue weighted by Gasteiger charge is -2.37. The summed E-state index contributed by atoms with van der Waals surface area (Å²) in [7, 11) is 0. The Morgan fingerprint density at radius 3 is 3.00 bits per heavy atom. The van der Waals surface area contributed by atoms with Crippen molar-refractivity contribution in [2.45, 2.75) is 19.1 Å². The van der Waals surface area contributed by atoms with Crippen LogP contribution in [0, 0.1) is 10.1 Å². The molecule has 0 amide bonds. The van der Waals surface area contributed by atoms with Crippen molar-refractivity contribution in [1.29, 1.82) is 0 Å². The summed E-state index contributed by atoms with van der Waals surface area (Å²) in [6.07, 6.45) is 1.33. The van der Waals surface area contributed by atoms with E-state index in [0.29, 0.717) is 23.4 Å². The number of rotatable bonds is 3. The van der Waals surface area contributed by atoms with Gasteiger partial charge in [0.2, 0.25) is 0 Å². The summed E-state index contributed by atoms with van der Waals surface area (Å²) in [6, 6.07) is 3.55. The third-order valence-electron chi connectivity index (χ3n) is 3.49. The minimum Gasteiger partial charge on any atom is -0.367 e. The van der Waals surface area contributed by atoms with Crippen LogP contribution < -0.4 is 4.90 Å². The van der Waals surface area contributed by atoms with E-state index in [4.69, 9.17) is 4.74 Å². The smallest absolute Gasteiger partial charge is 0.288 e. The van der Waals surface area contributed by atoms with Gasteiger partial charge >= 0.3 is 0 Å². The van der Waals surface area contributed by atoms with Crippen LogP contribution in [0.4, 0.5) is 11.5 Å². The van der Waals surface area contributed by atoms with Crippen molar-refractivity contribution >= 4 is 38.8 Å². The molecular formula is C14H14BrN3O3S. The summed E-state index contributed by atoms with van der Waals surface area (Å²) in [6.45, 7) is 3.39. The monoisotopic (exact) mass is 383 g/mol. The number of morpholine rings is 1. The summed E-state index contributed by atoms with van der Waals surface area (Å²) in [5, 5.41) is 14.9. The molecule has 0 aliphatic carbocycles. The lowest BCUT2D eigenvalue weighted by molar-refractivity contribution is -0.385. The van der Waals surface area contributed by atoms with Crippen LogP contribution >= 0.6 is 27.3 Å². The number of hydrogen-bond acceptors (Lipinski definition) is 6. The minimum atomic E-state index is -0.447. The first kappa shape index (κ1) is 15.4. The molecule has 116 valence electrons. The number of halogens is 1. The van der Waals surface area contributed by atoms with Crippen LogP contribution in [-0.4, -0.2) is 29.1 Å². The molecule has 8 heteroatoms. The topological polar surface area (TPSA) is 68.5 Å². The Hall–Kier alpha value is -1.51. The van der Waals surface area contributed by atoms with Gasteiger partial charge < -0.3 is 9.64 Å². The quantitative estimate of drug-likeness (QED) is 0.595. The Balaban J connectivity index is 1.86. The average molecular weight is 384 g/mol. The van der Waals surface area contributed by atoms with E-state index in [1.54, 1.807) is 11.3 Å². The number of nitrogens with zero attached hydrogens (tertiary/aromatic N) is 3. The first-order valence-corrected chi connectivity index (χ1v) is 8.50. The molecule has 6 nitrogen and oxygen atoms in total. The van der Waals surface area contributed by atoms with Gasteiger partial charge in [-0.2, -0.15) is 11.3 Å². The average Bonchev–Trinajstić information content (AvgIpc) is 3.00. The number of aromatic nitrogens is 1. The van der Waals surface area contributed by atoms with Crippen molar-refractivity contribution in [3.63, 3.8) is 0 Å². The number of pyridine rings is 1. The zero-order valence-corrected chi connectivity index (χ0v) is 14.2. The molecule has 0 spiro atoms. The standard InChI is InChI=1S/C14H14BrN3O3S/c1-9-6-17(7-13(21-9)10-2-3-22-8-10)14-12(15)4-11(5-16-14)18(19)20/h2-5,8-9,13H,6-7H2,1H3. The Morgan fingerprint density at radius 2 is 2.36 bits per heavy atom. The maximum atomic E-state index is 10.8. The molecular weight excluding hydrogens is 370 g/mol. The number of ether oxygens (including phenoxy) is 1. The van der Waals surface area contributed by atoms with Crippen LogP contribution in [0.25, 0.3) is 0 Å². The summed E-state index contributed by atoms with van der Waals surface area (Å²) in [5.74, 6) is 0.709. The molecule has 3 rings (SSSR count). The molecule has 22 heavy (non-hydrogen) atoms. The van der Waals surface area contributed by atoms with Crippen LogP contribution in [0.1, 0.15) is 18.6 Å². The third kappa shape index (κ3) is 3.13. The maximum absolute atomic E-state index is 10.8. The summed E-state index contributed by atoms with van der Waals surface area (Å²) >= 11 is 5.03. The highest BCUT2D eigenvalue weighted by molar-refractivity contribution is 9.10. The largest absolute Gasteiger partial charge is 0.367 e. The highest BCUT2D eigenvalue weighted by atomic mass is 79.9. The van der Waals surface area contributed by atoms with Gasteiger partial charge in [0.05, 0.1) is 15.5 Å². The van der Waals surface area contributed by atoms with Gasteiger partial charge in [-0.25, -0.2) is 4.98 Å². The molecule has 2 atom stereocenters. The number of nitro groups is 1. The fraction of sp³-hybridized carbons (Fsp3) is 0.357. The minimum absolute atomic E-state index is 0.0149. The Kier molecular flexibility index (Phi) is 4.42. The van der Waals surface area contributed by atoms with E-state index in [-0.39, 0.29) is 17.9 Å². The van der Waals surface area contributed by atoms with Crippen molar-refractivity contribution in [1.82, 2.24) is 4.98 Å². The van der Waals surface area contributed by atoms with Crippen LogP contribution in [0.15, 0.2) is 33.6 Å². The molecule has 1 fully saturated rings. The Morgan fingerprint density at radius 1 is 1.55 bits per heavy atom. The second kappa shape index (κ2) is 6.31. The van der Waals surface area contributed by atoms with Crippen LogP contribution in [0.5, 0.6) is 0 Å². The SMILES string of the molecule is CC1CN(c2ncc([N+](=O)[O-])cc2Br)CC(c2ccsc2)O1. The van der Waals surface area contributed by atoms with Gasteiger partial charge in [-0.05, 0) is 45.2 Å². The van der Waals surface area contributed by atoms with Gasteiger partial charge in [0.25, 0.3) is 5.69 Å². The molecule has 0 radical (unpaired) electrons. The van der Waals surface area contributed by atoms with E-state index in [9.17, 15) is 10.1 Å². The predicted molar refractivity (Wildman–Crippen MR) is 88.4 cm³/mol. The summed E-state index contributed by atoms with van der Waals surface area (Å²) < 4.78 is 6.62. The predicted octanol–water partition coefficient (Wildman–Crippen LogP) is 3.78. The highest BCUT2D eigenvalue weighted by Crippen LogP contribution is 2.33. The maximum Gasteiger partial charge on any atom is 0.288 e. The number of thiophene rings is 1. The number of hydrogen-bond donors (Lipinski definition) is 0. The Bertz CT molecular complexity index is 680. The third-order valence-corrected chi connectivity index (χ3v) is 4.78. The molecule has 0 aromatic carbocycles. The molecule has 1 aliphatic rings. The highest BCUT2D eigenvalue weighted by Gasteiger charge is 2.29. The van der Waals surface area contributed by atoms with Crippen molar-refractivity contribution in [3.05, 3.63) is 49.2 Å². The van der Waals surface area contributed by atoms with E-state index in [2.05, 4.69) is 37.3 Å². The van der Waals surface area contributed by atoms with Crippen molar-refractivity contribution < 1.29 is 9.66 Å².